The number of nitrogens with zero attached hydrogens (tertiary/aromatic N) is 1. The quantitative estimate of drug-likeness (QED) is 0.762. The van der Waals surface area contributed by atoms with Crippen LogP contribution in [0.25, 0.3) is 0 Å². The molecule has 13 heavy (non-hydrogen) atoms. The van der Waals surface area contributed by atoms with Crippen LogP contribution in [0.1, 0.15) is 29.9 Å². The van der Waals surface area contributed by atoms with Crippen molar-refractivity contribution in [3.05, 3.63) is 29.6 Å². The molecule has 0 atom stereocenters. The minimum Gasteiger partial charge on any atom is -0.477 e. The number of carbonyl (C=O) groups is 1. The molecule has 1 rings (SSSR count). The Balaban J connectivity index is 3.13. The number of aromatic carboxylic acids is 1. The molecule has 1 heterocycles. The van der Waals surface area contributed by atoms with E-state index in [1.807, 2.05) is 0 Å². The number of carboxylic acids is 1. The fourth-order valence-corrected chi connectivity index (χ4v) is 0.917. The second kappa shape index (κ2) is 3.12. The topological polar surface area (TPSA) is 50.2 Å². The number of alkyl halides is 1. The van der Waals surface area contributed by atoms with Crippen LogP contribution in [-0.4, -0.2) is 16.1 Å². The van der Waals surface area contributed by atoms with Crippen molar-refractivity contribution in [2.24, 2.45) is 0 Å². The molecule has 4 heteroatoms. The first kappa shape index (κ1) is 9.64. The van der Waals surface area contributed by atoms with Crippen LogP contribution in [0, 0.1) is 0 Å². The molecule has 0 aliphatic carbocycles. The van der Waals surface area contributed by atoms with Gasteiger partial charge in [0.2, 0.25) is 0 Å². The number of aromatic nitrogens is 1. The summed E-state index contributed by atoms with van der Waals surface area (Å²) in [6.07, 6.45) is 1.29. The summed E-state index contributed by atoms with van der Waals surface area (Å²) in [6, 6.07) is 2.70. The maximum Gasteiger partial charge on any atom is 0.354 e. The average Bonchev–Trinajstić information content (AvgIpc) is 2.03. The first-order chi connectivity index (χ1) is 5.91. The van der Waals surface area contributed by atoms with Crippen LogP contribution in [-0.2, 0) is 5.67 Å². The van der Waals surface area contributed by atoms with E-state index in [2.05, 4.69) is 4.98 Å². The summed E-state index contributed by atoms with van der Waals surface area (Å²) < 4.78 is 13.3. The number of hydrogen-bond donors (Lipinski definition) is 1. The number of rotatable bonds is 2. The number of pyridine rings is 1. The molecule has 1 aromatic rings. The van der Waals surface area contributed by atoms with Gasteiger partial charge in [-0.3, -0.25) is 0 Å². The van der Waals surface area contributed by atoms with Crippen molar-refractivity contribution in [3.8, 4) is 0 Å². The molecule has 0 aliphatic rings. The van der Waals surface area contributed by atoms with Crippen molar-refractivity contribution in [2.45, 2.75) is 19.5 Å². The van der Waals surface area contributed by atoms with E-state index in [1.54, 1.807) is 0 Å². The number of carboxylic acid groups (broad SMARTS) is 1. The second-order valence-corrected chi connectivity index (χ2v) is 3.21. The Labute approximate surface area is 75.2 Å². The lowest BCUT2D eigenvalue weighted by Gasteiger charge is -2.14. The lowest BCUT2D eigenvalue weighted by molar-refractivity contribution is 0.0690. The van der Waals surface area contributed by atoms with Crippen molar-refractivity contribution in [3.63, 3.8) is 0 Å². The Bertz CT molecular complexity index is 331. The molecule has 0 unspecified atom stereocenters. The van der Waals surface area contributed by atoms with Gasteiger partial charge in [0.1, 0.15) is 11.4 Å². The van der Waals surface area contributed by atoms with E-state index < -0.39 is 11.6 Å². The first-order valence-corrected chi connectivity index (χ1v) is 3.80. The maximum absolute atomic E-state index is 13.3. The van der Waals surface area contributed by atoms with E-state index in [9.17, 15) is 9.18 Å². The molecule has 70 valence electrons. The predicted molar refractivity (Wildman–Crippen MR) is 45.3 cm³/mol. The van der Waals surface area contributed by atoms with E-state index in [0.29, 0.717) is 5.56 Å². The Hall–Kier alpha value is -1.45. The summed E-state index contributed by atoms with van der Waals surface area (Å²) in [5, 5.41) is 8.59. The molecule has 0 fully saturated rings. The van der Waals surface area contributed by atoms with Gasteiger partial charge in [0.05, 0.1) is 0 Å². The highest BCUT2D eigenvalue weighted by molar-refractivity contribution is 5.85. The predicted octanol–water partition coefficient (Wildman–Crippen LogP) is 1.98. The lowest BCUT2D eigenvalue weighted by atomic mass is 10.0. The third-order valence-corrected chi connectivity index (χ3v) is 1.67. The smallest absolute Gasteiger partial charge is 0.354 e. The van der Waals surface area contributed by atoms with E-state index in [0.717, 1.165) is 0 Å². The van der Waals surface area contributed by atoms with Gasteiger partial charge in [-0.05, 0) is 31.5 Å². The summed E-state index contributed by atoms with van der Waals surface area (Å²) in [5.74, 6) is -1.15. The summed E-state index contributed by atoms with van der Waals surface area (Å²) in [5.41, 5.74) is -1.35. The number of hydrogen-bond acceptors (Lipinski definition) is 2. The molecular formula is C9H10FNO2. The Morgan fingerprint density at radius 2 is 2.23 bits per heavy atom. The van der Waals surface area contributed by atoms with Crippen molar-refractivity contribution in [1.82, 2.24) is 4.98 Å². The third-order valence-electron chi connectivity index (χ3n) is 1.67. The molecule has 0 saturated carbocycles. The van der Waals surface area contributed by atoms with Crippen LogP contribution in [0.3, 0.4) is 0 Å². The molecule has 0 spiro atoms. The largest absolute Gasteiger partial charge is 0.477 e. The number of halogens is 1. The Morgan fingerprint density at radius 1 is 1.62 bits per heavy atom. The highest BCUT2D eigenvalue weighted by Crippen LogP contribution is 2.24. The lowest BCUT2D eigenvalue weighted by Crippen LogP contribution is -2.11. The molecule has 1 aromatic heterocycles. The summed E-state index contributed by atoms with van der Waals surface area (Å²) in [7, 11) is 0. The minimum atomic E-state index is -1.53. The van der Waals surface area contributed by atoms with E-state index in [1.165, 1.54) is 32.2 Å². The molecule has 0 amide bonds. The van der Waals surface area contributed by atoms with E-state index in [-0.39, 0.29) is 5.69 Å². The van der Waals surface area contributed by atoms with Gasteiger partial charge in [0.25, 0.3) is 0 Å². The fraction of sp³-hybridized carbons (Fsp3) is 0.333. The molecule has 0 aliphatic heterocycles. The molecule has 0 radical (unpaired) electrons. The van der Waals surface area contributed by atoms with Crippen LogP contribution in [0.4, 0.5) is 4.39 Å². The molecular weight excluding hydrogens is 173 g/mol. The molecule has 0 saturated heterocycles. The fourth-order valence-electron chi connectivity index (χ4n) is 0.917. The third kappa shape index (κ3) is 2.24. The van der Waals surface area contributed by atoms with Crippen LogP contribution >= 0.6 is 0 Å². The summed E-state index contributed by atoms with van der Waals surface area (Å²) in [4.78, 5) is 14.1. The van der Waals surface area contributed by atoms with Crippen molar-refractivity contribution >= 4 is 5.97 Å². The van der Waals surface area contributed by atoms with Gasteiger partial charge in [0, 0.05) is 6.20 Å². The van der Waals surface area contributed by atoms with Gasteiger partial charge in [-0.15, -0.1) is 0 Å². The SMILES string of the molecule is CC(C)(F)c1ccnc(C(=O)O)c1. The van der Waals surface area contributed by atoms with Crippen LogP contribution in [0.5, 0.6) is 0 Å². The van der Waals surface area contributed by atoms with E-state index >= 15 is 0 Å². The highest BCUT2D eigenvalue weighted by Gasteiger charge is 2.20. The van der Waals surface area contributed by atoms with Crippen molar-refractivity contribution in [1.29, 1.82) is 0 Å². The molecule has 0 aromatic carbocycles. The zero-order chi connectivity index (χ0) is 10.1. The van der Waals surface area contributed by atoms with Crippen LogP contribution < -0.4 is 0 Å². The van der Waals surface area contributed by atoms with E-state index in [4.69, 9.17) is 5.11 Å². The summed E-state index contributed by atoms with van der Waals surface area (Å²) >= 11 is 0. The van der Waals surface area contributed by atoms with Crippen molar-refractivity contribution < 1.29 is 14.3 Å². The van der Waals surface area contributed by atoms with Gasteiger partial charge in [0.15, 0.2) is 0 Å². The normalized spacial score (nSPS) is 11.3. The standard InChI is InChI=1S/C9H10FNO2/c1-9(2,10)6-3-4-11-7(5-6)8(12)13/h3-5H,1-2H3,(H,12,13). The minimum absolute atomic E-state index is 0.136. The van der Waals surface area contributed by atoms with Crippen LogP contribution in [0.2, 0.25) is 0 Å². The van der Waals surface area contributed by atoms with Gasteiger partial charge in [-0.2, -0.15) is 0 Å². The highest BCUT2D eigenvalue weighted by atomic mass is 19.1. The van der Waals surface area contributed by atoms with Crippen LogP contribution in [0.15, 0.2) is 18.3 Å². The zero-order valence-electron chi connectivity index (χ0n) is 7.41. The monoisotopic (exact) mass is 183 g/mol. The Morgan fingerprint density at radius 3 is 2.69 bits per heavy atom. The van der Waals surface area contributed by atoms with Gasteiger partial charge >= 0.3 is 5.97 Å². The first-order valence-electron chi connectivity index (χ1n) is 3.80. The Kier molecular flexibility index (Phi) is 2.32. The molecule has 1 N–H and O–H groups in total. The van der Waals surface area contributed by atoms with Gasteiger partial charge in [-0.1, -0.05) is 0 Å². The average molecular weight is 183 g/mol. The molecule has 3 nitrogen and oxygen atoms in total. The van der Waals surface area contributed by atoms with Gasteiger partial charge < -0.3 is 5.11 Å². The van der Waals surface area contributed by atoms with Gasteiger partial charge in [-0.25, -0.2) is 14.2 Å². The molecule has 0 bridgehead atoms. The van der Waals surface area contributed by atoms with Crippen molar-refractivity contribution in [2.75, 3.05) is 0 Å². The zero-order valence-corrected chi connectivity index (χ0v) is 7.41. The maximum atomic E-state index is 13.3. The summed E-state index contributed by atoms with van der Waals surface area (Å²) in [6.45, 7) is 2.74. The second-order valence-electron chi connectivity index (χ2n) is 3.21.